The van der Waals surface area contributed by atoms with Crippen LogP contribution in [0.1, 0.15) is 169 Å². The Kier molecular flexibility index (Phi) is 22.1. The number of nitro benzene ring substituents is 1. The van der Waals surface area contributed by atoms with E-state index in [9.17, 15) is 19.7 Å². The van der Waals surface area contributed by atoms with Crippen LogP contribution < -0.4 is 14.2 Å². The Morgan fingerprint density at radius 3 is 1.48 bits per heavy atom. The minimum absolute atomic E-state index is 0.108. The van der Waals surface area contributed by atoms with Gasteiger partial charge in [0.25, 0.3) is 0 Å². The number of ketones is 1. The predicted molar refractivity (Wildman–Crippen MR) is 219 cm³/mol. The van der Waals surface area contributed by atoms with Gasteiger partial charge in [-0.05, 0) is 73.0 Å². The third kappa shape index (κ3) is 18.0. The van der Waals surface area contributed by atoms with Gasteiger partial charge in [0.1, 0.15) is 11.5 Å². The molecule has 0 aliphatic heterocycles. The average Bonchev–Trinajstić information content (AvgIpc) is 3.18. The van der Waals surface area contributed by atoms with E-state index in [0.717, 1.165) is 49.5 Å². The topological polar surface area (TPSA) is 105 Å². The van der Waals surface area contributed by atoms with Crippen LogP contribution in [0.3, 0.4) is 0 Å². The Morgan fingerprint density at radius 1 is 0.574 bits per heavy atom. The van der Waals surface area contributed by atoms with Gasteiger partial charge in [0, 0.05) is 11.6 Å². The molecular weight excluding hydrogens is 679 g/mol. The summed E-state index contributed by atoms with van der Waals surface area (Å²) in [5, 5.41) is 11.8. The number of carbonyl (C=O) groups is 2. The van der Waals surface area contributed by atoms with E-state index in [4.69, 9.17) is 14.2 Å². The van der Waals surface area contributed by atoms with Gasteiger partial charge in [0.05, 0.1) is 23.7 Å². The molecule has 0 saturated heterocycles. The first-order chi connectivity index (χ1) is 26.4. The molecule has 0 radical (unpaired) electrons. The van der Waals surface area contributed by atoms with Crippen molar-refractivity contribution < 1.29 is 28.7 Å². The molecule has 8 heteroatoms. The zero-order valence-corrected chi connectivity index (χ0v) is 32.9. The largest absolute Gasteiger partial charge is 0.494 e. The Labute approximate surface area is 323 Å². The van der Waals surface area contributed by atoms with E-state index in [0.29, 0.717) is 19.0 Å². The Hall–Kier alpha value is -4.46. The fraction of sp³-hybridized carbons (Fsp3) is 0.522. The predicted octanol–water partition coefficient (Wildman–Crippen LogP) is 13.3. The minimum atomic E-state index is -0.746. The molecule has 0 unspecified atom stereocenters. The molecule has 3 rings (SSSR count). The fourth-order valence-corrected chi connectivity index (χ4v) is 6.25. The van der Waals surface area contributed by atoms with Crippen LogP contribution in [-0.2, 0) is 0 Å². The van der Waals surface area contributed by atoms with Crippen molar-refractivity contribution in [2.75, 3.05) is 13.2 Å². The number of nitro groups is 1. The quantitative estimate of drug-likeness (QED) is 0.0127. The van der Waals surface area contributed by atoms with Crippen molar-refractivity contribution >= 4 is 23.5 Å². The number of rotatable bonds is 30. The molecule has 0 aliphatic carbocycles. The van der Waals surface area contributed by atoms with Crippen molar-refractivity contribution in [3.8, 4) is 17.2 Å². The number of benzene rings is 3. The van der Waals surface area contributed by atoms with Gasteiger partial charge in [-0.15, -0.1) is 0 Å². The molecular formula is C46H63NO7. The first-order valence-corrected chi connectivity index (χ1v) is 20.6. The highest BCUT2D eigenvalue weighted by Gasteiger charge is 2.21. The van der Waals surface area contributed by atoms with Crippen molar-refractivity contribution in [3.05, 3.63) is 99.6 Å². The number of hydrogen-bond donors (Lipinski definition) is 0. The lowest BCUT2D eigenvalue weighted by Gasteiger charge is -2.08. The molecule has 54 heavy (non-hydrogen) atoms. The molecule has 0 spiro atoms. The van der Waals surface area contributed by atoms with Gasteiger partial charge < -0.3 is 14.2 Å². The van der Waals surface area contributed by atoms with Crippen LogP contribution >= 0.6 is 0 Å². The second kappa shape index (κ2) is 27.2. The van der Waals surface area contributed by atoms with Gasteiger partial charge in [0.15, 0.2) is 5.78 Å². The molecule has 0 amide bonds. The van der Waals surface area contributed by atoms with Crippen molar-refractivity contribution in [2.24, 2.45) is 0 Å². The van der Waals surface area contributed by atoms with Gasteiger partial charge in [0.2, 0.25) is 5.75 Å². The standard InChI is InChI=1S/C46H63NO7/c1-3-5-7-9-10-11-12-13-14-15-16-17-18-19-20-22-36-52-41-29-23-38(24-30-41)25-33-44(48)40-28-34-45(43(37-40)47(50)51)54-46(49)39-26-31-42(32-27-39)53-35-21-8-6-4-2/h23-34,37H,3-22,35-36H2,1-2H3/b33-25+. The summed E-state index contributed by atoms with van der Waals surface area (Å²) in [7, 11) is 0. The molecule has 0 heterocycles. The molecule has 0 aliphatic rings. The fourth-order valence-electron chi connectivity index (χ4n) is 6.25. The monoisotopic (exact) mass is 741 g/mol. The second-order valence-electron chi connectivity index (χ2n) is 14.2. The highest BCUT2D eigenvalue weighted by molar-refractivity contribution is 6.07. The zero-order chi connectivity index (χ0) is 38.6. The highest BCUT2D eigenvalue weighted by Crippen LogP contribution is 2.29. The van der Waals surface area contributed by atoms with Crippen LogP contribution in [0.4, 0.5) is 5.69 Å². The normalized spacial score (nSPS) is 11.1. The SMILES string of the molecule is CCCCCCCCCCCCCCCCCCOc1ccc(/C=C/C(=O)c2ccc(OC(=O)c3ccc(OCCCCCC)cc3)c([N+](=O)[O-])c2)cc1. The van der Waals surface area contributed by atoms with E-state index in [1.54, 1.807) is 30.3 Å². The lowest BCUT2D eigenvalue weighted by atomic mass is 10.0. The molecule has 294 valence electrons. The van der Waals surface area contributed by atoms with Gasteiger partial charge in [-0.3, -0.25) is 14.9 Å². The van der Waals surface area contributed by atoms with E-state index in [2.05, 4.69) is 13.8 Å². The molecule has 0 fully saturated rings. The van der Waals surface area contributed by atoms with Crippen LogP contribution in [0.25, 0.3) is 6.08 Å². The maximum absolute atomic E-state index is 12.9. The summed E-state index contributed by atoms with van der Waals surface area (Å²) < 4.78 is 17.0. The number of allylic oxidation sites excluding steroid dienone is 1. The van der Waals surface area contributed by atoms with E-state index in [1.165, 1.54) is 115 Å². The number of ether oxygens (including phenoxy) is 3. The van der Waals surface area contributed by atoms with Gasteiger partial charge in [-0.1, -0.05) is 148 Å². The number of hydrogen-bond acceptors (Lipinski definition) is 7. The van der Waals surface area contributed by atoms with E-state index < -0.39 is 22.4 Å². The van der Waals surface area contributed by atoms with Crippen molar-refractivity contribution in [3.63, 3.8) is 0 Å². The Bertz CT molecular complexity index is 1530. The Balaban J connectivity index is 1.33. The number of unbranched alkanes of at least 4 members (excludes halogenated alkanes) is 18. The number of carbonyl (C=O) groups excluding carboxylic acids is 2. The van der Waals surface area contributed by atoms with Crippen LogP contribution in [-0.4, -0.2) is 29.9 Å². The summed E-state index contributed by atoms with van der Waals surface area (Å²) in [6, 6.07) is 17.7. The van der Waals surface area contributed by atoms with E-state index >= 15 is 0 Å². The second-order valence-corrected chi connectivity index (χ2v) is 14.2. The maximum atomic E-state index is 12.9. The van der Waals surface area contributed by atoms with Crippen molar-refractivity contribution in [1.82, 2.24) is 0 Å². The smallest absolute Gasteiger partial charge is 0.343 e. The first-order valence-electron chi connectivity index (χ1n) is 20.6. The summed E-state index contributed by atoms with van der Waals surface area (Å²) in [4.78, 5) is 36.8. The lowest BCUT2D eigenvalue weighted by molar-refractivity contribution is -0.385. The first kappa shape index (κ1) is 43.9. The van der Waals surface area contributed by atoms with Gasteiger partial charge in [-0.25, -0.2) is 4.79 Å². The summed E-state index contributed by atoms with van der Waals surface area (Å²) in [5.74, 6) is 0.0169. The summed E-state index contributed by atoms with van der Waals surface area (Å²) in [5.41, 5.74) is 0.658. The minimum Gasteiger partial charge on any atom is -0.494 e. The lowest BCUT2D eigenvalue weighted by Crippen LogP contribution is -2.10. The van der Waals surface area contributed by atoms with Crippen LogP contribution in [0, 0.1) is 10.1 Å². The van der Waals surface area contributed by atoms with Gasteiger partial charge in [-0.2, -0.15) is 0 Å². The average molecular weight is 742 g/mol. The number of esters is 1. The molecule has 0 N–H and O–H groups in total. The Morgan fingerprint density at radius 2 is 1.00 bits per heavy atom. The third-order valence-corrected chi connectivity index (χ3v) is 9.57. The molecule has 0 bridgehead atoms. The molecule has 8 nitrogen and oxygen atoms in total. The molecule has 3 aromatic rings. The number of nitrogens with zero attached hydrogens (tertiary/aromatic N) is 1. The summed E-state index contributed by atoms with van der Waals surface area (Å²) in [6.45, 7) is 5.69. The molecule has 3 aromatic carbocycles. The van der Waals surface area contributed by atoms with Crippen LogP contribution in [0.5, 0.6) is 17.2 Å². The molecule has 0 atom stereocenters. The van der Waals surface area contributed by atoms with Gasteiger partial charge >= 0.3 is 11.7 Å². The van der Waals surface area contributed by atoms with Crippen LogP contribution in [0.15, 0.2) is 72.8 Å². The highest BCUT2D eigenvalue weighted by atomic mass is 16.6. The van der Waals surface area contributed by atoms with Crippen molar-refractivity contribution in [2.45, 2.75) is 142 Å². The summed E-state index contributed by atoms with van der Waals surface area (Å²) >= 11 is 0. The summed E-state index contributed by atoms with van der Waals surface area (Å²) in [6.07, 6.45) is 28.8. The molecule has 0 saturated carbocycles. The third-order valence-electron chi connectivity index (χ3n) is 9.57. The van der Waals surface area contributed by atoms with E-state index in [-0.39, 0.29) is 16.9 Å². The maximum Gasteiger partial charge on any atom is 0.343 e. The van der Waals surface area contributed by atoms with Crippen molar-refractivity contribution in [1.29, 1.82) is 0 Å². The van der Waals surface area contributed by atoms with E-state index in [1.807, 2.05) is 24.3 Å². The zero-order valence-electron chi connectivity index (χ0n) is 32.9. The van der Waals surface area contributed by atoms with Crippen LogP contribution in [0.2, 0.25) is 0 Å². The molecule has 0 aromatic heterocycles.